The van der Waals surface area contributed by atoms with Crippen LogP contribution in [-0.2, 0) is 14.3 Å². The quantitative estimate of drug-likeness (QED) is 0.200. The van der Waals surface area contributed by atoms with Gasteiger partial charge >= 0.3 is 0 Å². The first-order valence-electron chi connectivity index (χ1n) is 11.9. The molecular weight excluding hydrogens is 453 g/mol. The lowest BCUT2D eigenvalue weighted by molar-refractivity contribution is -0.140. The first kappa shape index (κ1) is 26.2. The highest BCUT2D eigenvalue weighted by molar-refractivity contribution is 6.46. The van der Waals surface area contributed by atoms with Gasteiger partial charge in [0.25, 0.3) is 11.7 Å². The molecule has 1 N–H and O–H groups in total. The molecule has 1 saturated heterocycles. The summed E-state index contributed by atoms with van der Waals surface area (Å²) in [5, 5.41) is 11.1. The molecule has 7 nitrogen and oxygen atoms in total. The van der Waals surface area contributed by atoms with Gasteiger partial charge in [-0.05, 0) is 61.7 Å². The molecular formula is C27H32FNO6. The van der Waals surface area contributed by atoms with Crippen LogP contribution in [-0.4, -0.2) is 55.2 Å². The SMILES string of the molecule is CCCCOc1ccc(C2/C(=C(\O)c3ccc(F)cc3)C(=O)C(=O)N2CCCOC)cc1OCC. The number of amides is 1. The Balaban J connectivity index is 2.10. The molecule has 1 atom stereocenters. The Bertz CT molecular complexity index is 1070. The number of halogens is 1. The van der Waals surface area contributed by atoms with E-state index in [4.69, 9.17) is 14.2 Å². The third-order valence-electron chi connectivity index (χ3n) is 5.74. The van der Waals surface area contributed by atoms with Gasteiger partial charge in [-0.1, -0.05) is 19.4 Å². The van der Waals surface area contributed by atoms with Crippen molar-refractivity contribution in [3.05, 3.63) is 65.0 Å². The number of ketones is 1. The third-order valence-corrected chi connectivity index (χ3v) is 5.74. The summed E-state index contributed by atoms with van der Waals surface area (Å²) in [5.74, 6) is -1.28. The van der Waals surface area contributed by atoms with Crippen LogP contribution in [0.15, 0.2) is 48.0 Å². The number of benzene rings is 2. The molecule has 3 rings (SSSR count). The van der Waals surface area contributed by atoms with E-state index in [9.17, 15) is 19.1 Å². The van der Waals surface area contributed by atoms with Crippen molar-refractivity contribution >= 4 is 17.4 Å². The van der Waals surface area contributed by atoms with E-state index in [0.29, 0.717) is 43.3 Å². The van der Waals surface area contributed by atoms with Crippen LogP contribution in [0.1, 0.15) is 50.3 Å². The highest BCUT2D eigenvalue weighted by atomic mass is 19.1. The lowest BCUT2D eigenvalue weighted by Gasteiger charge is -2.26. The molecule has 188 valence electrons. The van der Waals surface area contributed by atoms with Crippen molar-refractivity contribution < 1.29 is 33.3 Å². The number of carbonyl (C=O) groups is 2. The molecule has 1 unspecified atom stereocenters. The van der Waals surface area contributed by atoms with E-state index in [2.05, 4.69) is 6.92 Å². The number of hydrogen-bond donors (Lipinski definition) is 1. The Morgan fingerprint density at radius 1 is 1.00 bits per heavy atom. The molecule has 0 aliphatic carbocycles. The Kier molecular flexibility index (Phi) is 9.25. The zero-order valence-electron chi connectivity index (χ0n) is 20.4. The van der Waals surface area contributed by atoms with Crippen molar-refractivity contribution in [1.29, 1.82) is 0 Å². The Hall–Kier alpha value is -3.39. The minimum atomic E-state index is -0.846. The molecule has 0 aromatic heterocycles. The number of Topliss-reactive ketones (excluding diaryl/α,β-unsaturated/α-hetero) is 1. The molecule has 1 amide bonds. The van der Waals surface area contributed by atoms with Crippen LogP contribution >= 0.6 is 0 Å². The van der Waals surface area contributed by atoms with E-state index in [1.54, 1.807) is 25.3 Å². The summed E-state index contributed by atoms with van der Waals surface area (Å²) in [4.78, 5) is 27.5. The second kappa shape index (κ2) is 12.4. The minimum absolute atomic E-state index is 0.0545. The highest BCUT2D eigenvalue weighted by Crippen LogP contribution is 2.42. The summed E-state index contributed by atoms with van der Waals surface area (Å²) in [6, 6.07) is 9.53. The minimum Gasteiger partial charge on any atom is -0.507 e. The van der Waals surface area contributed by atoms with Crippen molar-refractivity contribution in [2.75, 3.05) is 33.5 Å². The Morgan fingerprint density at radius 3 is 2.40 bits per heavy atom. The van der Waals surface area contributed by atoms with Gasteiger partial charge < -0.3 is 24.2 Å². The number of aliphatic hydroxyl groups is 1. The largest absolute Gasteiger partial charge is 0.507 e. The van der Waals surface area contributed by atoms with Gasteiger partial charge in [0.15, 0.2) is 11.5 Å². The molecule has 0 radical (unpaired) electrons. The maximum atomic E-state index is 13.4. The summed E-state index contributed by atoms with van der Waals surface area (Å²) in [5.41, 5.74) is 0.786. The van der Waals surface area contributed by atoms with Gasteiger partial charge in [-0.25, -0.2) is 4.39 Å². The topological polar surface area (TPSA) is 85.3 Å². The number of ether oxygens (including phenoxy) is 3. The molecule has 8 heteroatoms. The van der Waals surface area contributed by atoms with E-state index in [0.717, 1.165) is 12.8 Å². The number of likely N-dealkylation sites (tertiary alicyclic amines) is 1. The smallest absolute Gasteiger partial charge is 0.295 e. The van der Waals surface area contributed by atoms with Gasteiger partial charge in [-0.15, -0.1) is 0 Å². The van der Waals surface area contributed by atoms with E-state index in [1.807, 2.05) is 6.92 Å². The molecule has 1 aliphatic rings. The van der Waals surface area contributed by atoms with Gasteiger partial charge in [0.1, 0.15) is 11.6 Å². The standard InChI is InChI=1S/C27H32FNO6/c1-4-6-16-35-21-13-10-19(17-22(21)34-5-2)24-23(25(30)18-8-11-20(28)12-9-18)26(31)27(32)29(24)14-7-15-33-3/h8-13,17,24,30H,4-7,14-16H2,1-3H3/b25-23+. The van der Waals surface area contributed by atoms with Crippen molar-refractivity contribution in [3.63, 3.8) is 0 Å². The molecule has 1 aliphatic heterocycles. The Morgan fingerprint density at radius 2 is 1.74 bits per heavy atom. The maximum absolute atomic E-state index is 13.4. The fourth-order valence-corrected chi connectivity index (χ4v) is 4.01. The van der Waals surface area contributed by atoms with E-state index < -0.39 is 23.5 Å². The second-order valence-corrected chi connectivity index (χ2v) is 8.19. The predicted octanol–water partition coefficient (Wildman–Crippen LogP) is 4.86. The van der Waals surface area contributed by atoms with E-state index >= 15 is 0 Å². The first-order chi connectivity index (χ1) is 16.9. The molecule has 0 spiro atoms. The fourth-order valence-electron chi connectivity index (χ4n) is 4.01. The Labute approximate surface area is 205 Å². The van der Waals surface area contributed by atoms with Gasteiger partial charge in [0.05, 0.1) is 24.8 Å². The summed E-state index contributed by atoms with van der Waals surface area (Å²) in [6.07, 6.45) is 2.39. The molecule has 0 saturated carbocycles. The monoisotopic (exact) mass is 485 g/mol. The van der Waals surface area contributed by atoms with Crippen LogP contribution in [0.25, 0.3) is 5.76 Å². The van der Waals surface area contributed by atoms with Gasteiger partial charge in [-0.3, -0.25) is 9.59 Å². The van der Waals surface area contributed by atoms with Crippen LogP contribution in [0.3, 0.4) is 0 Å². The van der Waals surface area contributed by atoms with Crippen LogP contribution in [0.4, 0.5) is 4.39 Å². The molecule has 2 aromatic carbocycles. The molecule has 1 fully saturated rings. The van der Waals surface area contributed by atoms with Crippen LogP contribution in [0.5, 0.6) is 11.5 Å². The van der Waals surface area contributed by atoms with Crippen LogP contribution in [0, 0.1) is 5.82 Å². The summed E-state index contributed by atoms with van der Waals surface area (Å²) < 4.78 is 30.2. The highest BCUT2D eigenvalue weighted by Gasteiger charge is 2.46. The van der Waals surface area contributed by atoms with Gasteiger partial charge in [0, 0.05) is 25.8 Å². The average Bonchev–Trinajstić information content (AvgIpc) is 3.10. The summed E-state index contributed by atoms with van der Waals surface area (Å²) >= 11 is 0. The van der Waals surface area contributed by atoms with Crippen molar-refractivity contribution in [2.45, 2.75) is 39.2 Å². The zero-order chi connectivity index (χ0) is 25.4. The number of hydrogen-bond acceptors (Lipinski definition) is 6. The lowest BCUT2D eigenvalue weighted by atomic mass is 9.95. The number of methoxy groups -OCH3 is 1. The summed E-state index contributed by atoms with van der Waals surface area (Å²) in [6.45, 7) is 5.52. The van der Waals surface area contributed by atoms with Crippen molar-refractivity contribution in [1.82, 2.24) is 4.90 Å². The van der Waals surface area contributed by atoms with Gasteiger partial charge in [-0.2, -0.15) is 0 Å². The predicted molar refractivity (Wildman–Crippen MR) is 130 cm³/mol. The molecule has 2 aromatic rings. The third kappa shape index (κ3) is 6.00. The lowest BCUT2D eigenvalue weighted by Crippen LogP contribution is -2.31. The van der Waals surface area contributed by atoms with Crippen molar-refractivity contribution in [3.8, 4) is 11.5 Å². The normalized spacial score (nSPS) is 17.1. The number of unbranched alkanes of at least 4 members (excludes halogenated alkanes) is 1. The molecule has 1 heterocycles. The first-order valence-corrected chi connectivity index (χ1v) is 11.9. The zero-order valence-corrected chi connectivity index (χ0v) is 20.4. The summed E-state index contributed by atoms with van der Waals surface area (Å²) in [7, 11) is 1.56. The number of carbonyl (C=O) groups excluding carboxylic acids is 2. The number of nitrogens with zero attached hydrogens (tertiary/aromatic N) is 1. The van der Waals surface area contributed by atoms with E-state index in [-0.39, 0.29) is 23.4 Å². The molecule has 35 heavy (non-hydrogen) atoms. The number of rotatable bonds is 12. The molecule has 0 bridgehead atoms. The van der Waals surface area contributed by atoms with Crippen molar-refractivity contribution in [2.24, 2.45) is 0 Å². The number of aliphatic hydroxyl groups excluding tert-OH is 1. The van der Waals surface area contributed by atoms with Crippen LogP contribution < -0.4 is 9.47 Å². The fraction of sp³-hybridized carbons (Fsp3) is 0.407. The average molecular weight is 486 g/mol. The van der Waals surface area contributed by atoms with Crippen LogP contribution in [0.2, 0.25) is 0 Å². The van der Waals surface area contributed by atoms with E-state index in [1.165, 1.54) is 29.2 Å². The second-order valence-electron chi connectivity index (χ2n) is 8.19. The van der Waals surface area contributed by atoms with Gasteiger partial charge in [0.2, 0.25) is 0 Å². The maximum Gasteiger partial charge on any atom is 0.295 e.